The first-order valence-corrected chi connectivity index (χ1v) is 6.32. The van der Waals surface area contributed by atoms with Gasteiger partial charge in [0.2, 0.25) is 0 Å². The van der Waals surface area contributed by atoms with E-state index in [0.29, 0.717) is 13.0 Å². The Morgan fingerprint density at radius 3 is 2.88 bits per heavy atom. The van der Waals surface area contributed by atoms with Crippen molar-refractivity contribution in [2.24, 2.45) is 5.92 Å². The number of carbonyl (C=O) groups is 1. The van der Waals surface area contributed by atoms with E-state index in [1.165, 1.54) is 9.75 Å². The van der Waals surface area contributed by atoms with Crippen LogP contribution in [-0.4, -0.2) is 17.7 Å². The zero-order valence-electron chi connectivity index (χ0n) is 9.53. The van der Waals surface area contributed by atoms with Gasteiger partial charge in [-0.2, -0.15) is 0 Å². The number of aryl methyl sites for hydroxylation is 2. The largest absolute Gasteiger partial charge is 0.481 e. The Labute approximate surface area is 99.1 Å². The molecule has 2 rings (SSSR count). The predicted molar refractivity (Wildman–Crippen MR) is 62.8 cm³/mol. The molecule has 0 radical (unpaired) electrons. The molecule has 1 aliphatic heterocycles. The third-order valence-electron chi connectivity index (χ3n) is 3.03. The Kier molecular flexibility index (Phi) is 3.30. The first-order valence-electron chi connectivity index (χ1n) is 5.51. The molecule has 88 valence electrons. The van der Waals surface area contributed by atoms with Crippen LogP contribution in [0.15, 0.2) is 6.07 Å². The lowest BCUT2D eigenvalue weighted by Gasteiger charge is -2.29. The molecule has 1 aliphatic rings. The normalized spacial score (nSPS) is 25.6. The molecule has 3 nitrogen and oxygen atoms in total. The van der Waals surface area contributed by atoms with Gasteiger partial charge in [0.25, 0.3) is 0 Å². The Morgan fingerprint density at radius 1 is 1.56 bits per heavy atom. The third kappa shape index (κ3) is 2.13. The van der Waals surface area contributed by atoms with Gasteiger partial charge in [-0.1, -0.05) is 0 Å². The molecular weight excluding hydrogens is 224 g/mol. The van der Waals surface area contributed by atoms with E-state index in [1.807, 2.05) is 13.8 Å². The van der Waals surface area contributed by atoms with Crippen molar-refractivity contribution in [3.8, 4) is 0 Å². The van der Waals surface area contributed by atoms with E-state index in [9.17, 15) is 9.90 Å². The number of thiophene rings is 1. The number of rotatable bonds is 2. The summed E-state index contributed by atoms with van der Waals surface area (Å²) in [7, 11) is 0. The monoisotopic (exact) mass is 240 g/mol. The summed E-state index contributed by atoms with van der Waals surface area (Å²) in [5, 5.41) is 9.19. The maximum absolute atomic E-state index is 11.2. The van der Waals surface area contributed by atoms with Crippen LogP contribution in [0.3, 0.4) is 0 Å². The second-order valence-corrected chi connectivity index (χ2v) is 5.71. The topological polar surface area (TPSA) is 46.5 Å². The summed E-state index contributed by atoms with van der Waals surface area (Å²) in [5.41, 5.74) is 1.06. The van der Waals surface area contributed by atoms with E-state index in [0.717, 1.165) is 12.0 Å². The van der Waals surface area contributed by atoms with E-state index in [4.69, 9.17) is 4.74 Å². The van der Waals surface area contributed by atoms with Crippen LogP contribution in [0.2, 0.25) is 0 Å². The zero-order chi connectivity index (χ0) is 11.7. The van der Waals surface area contributed by atoms with Crippen LogP contribution in [-0.2, 0) is 9.53 Å². The number of hydrogen-bond donors (Lipinski definition) is 1. The average molecular weight is 240 g/mol. The zero-order valence-corrected chi connectivity index (χ0v) is 10.3. The summed E-state index contributed by atoms with van der Waals surface area (Å²) >= 11 is 1.70. The van der Waals surface area contributed by atoms with E-state index in [-0.39, 0.29) is 12.0 Å². The molecule has 0 aromatic carbocycles. The highest BCUT2D eigenvalue weighted by atomic mass is 32.1. The van der Waals surface area contributed by atoms with Crippen LogP contribution in [0.25, 0.3) is 0 Å². The molecule has 16 heavy (non-hydrogen) atoms. The fourth-order valence-corrected chi connectivity index (χ4v) is 3.24. The van der Waals surface area contributed by atoms with Gasteiger partial charge in [0.1, 0.15) is 0 Å². The first-order chi connectivity index (χ1) is 7.59. The lowest BCUT2D eigenvalue weighted by Crippen LogP contribution is -2.28. The van der Waals surface area contributed by atoms with Crippen LogP contribution in [0, 0.1) is 19.8 Å². The SMILES string of the molecule is Cc1cc(C2OCCCC2C(=O)O)c(C)s1. The quantitative estimate of drug-likeness (QED) is 0.864. The Bertz CT molecular complexity index is 397. The Morgan fingerprint density at radius 2 is 2.31 bits per heavy atom. The molecule has 0 bridgehead atoms. The highest BCUT2D eigenvalue weighted by Gasteiger charge is 2.34. The number of carboxylic acids is 1. The molecule has 1 fully saturated rings. The molecule has 0 aliphatic carbocycles. The highest BCUT2D eigenvalue weighted by Crippen LogP contribution is 2.38. The van der Waals surface area contributed by atoms with Gasteiger partial charge in [-0.05, 0) is 38.3 Å². The van der Waals surface area contributed by atoms with Crippen molar-refractivity contribution in [2.45, 2.75) is 32.8 Å². The van der Waals surface area contributed by atoms with Crippen LogP contribution < -0.4 is 0 Å². The van der Waals surface area contributed by atoms with Crippen molar-refractivity contribution in [1.29, 1.82) is 0 Å². The van der Waals surface area contributed by atoms with Gasteiger partial charge >= 0.3 is 5.97 Å². The summed E-state index contributed by atoms with van der Waals surface area (Å²) in [5.74, 6) is -1.13. The summed E-state index contributed by atoms with van der Waals surface area (Å²) in [4.78, 5) is 13.6. The second-order valence-electron chi connectivity index (χ2n) is 4.25. The van der Waals surface area contributed by atoms with Crippen LogP contribution >= 0.6 is 11.3 Å². The van der Waals surface area contributed by atoms with E-state index < -0.39 is 5.97 Å². The number of hydrogen-bond acceptors (Lipinski definition) is 3. The van der Waals surface area contributed by atoms with Gasteiger partial charge in [0.15, 0.2) is 0 Å². The lowest BCUT2D eigenvalue weighted by atomic mass is 9.90. The highest BCUT2D eigenvalue weighted by molar-refractivity contribution is 7.12. The molecule has 2 unspecified atom stereocenters. The molecule has 2 heterocycles. The van der Waals surface area contributed by atoms with Gasteiger partial charge in [0.05, 0.1) is 12.0 Å². The maximum atomic E-state index is 11.2. The maximum Gasteiger partial charge on any atom is 0.309 e. The number of aliphatic carboxylic acids is 1. The van der Waals surface area contributed by atoms with Crippen molar-refractivity contribution < 1.29 is 14.6 Å². The summed E-state index contributed by atoms with van der Waals surface area (Å²) in [6.45, 7) is 4.74. The van der Waals surface area contributed by atoms with E-state index in [2.05, 4.69) is 6.07 Å². The minimum atomic E-state index is -0.743. The Balaban J connectivity index is 2.29. The van der Waals surface area contributed by atoms with Crippen molar-refractivity contribution in [3.05, 3.63) is 21.4 Å². The molecule has 0 saturated carbocycles. The number of carboxylic acid groups (broad SMARTS) is 1. The van der Waals surface area contributed by atoms with Crippen molar-refractivity contribution in [3.63, 3.8) is 0 Å². The van der Waals surface area contributed by atoms with E-state index >= 15 is 0 Å². The molecule has 0 amide bonds. The third-order valence-corrected chi connectivity index (χ3v) is 4.01. The smallest absolute Gasteiger partial charge is 0.309 e. The molecule has 1 aromatic rings. The standard InChI is InChI=1S/C12H16O3S/c1-7-6-10(8(2)16-7)11-9(12(13)14)4-3-5-15-11/h6,9,11H,3-5H2,1-2H3,(H,13,14). The average Bonchev–Trinajstić information content (AvgIpc) is 2.57. The van der Waals surface area contributed by atoms with Gasteiger partial charge < -0.3 is 9.84 Å². The van der Waals surface area contributed by atoms with Crippen molar-refractivity contribution >= 4 is 17.3 Å². The van der Waals surface area contributed by atoms with E-state index in [1.54, 1.807) is 11.3 Å². The molecule has 1 N–H and O–H groups in total. The molecule has 1 aromatic heterocycles. The van der Waals surface area contributed by atoms with Gasteiger partial charge in [0, 0.05) is 16.4 Å². The van der Waals surface area contributed by atoms with Crippen molar-refractivity contribution in [1.82, 2.24) is 0 Å². The summed E-state index contributed by atoms with van der Waals surface area (Å²) in [6, 6.07) is 2.06. The van der Waals surface area contributed by atoms with Crippen LogP contribution in [0.5, 0.6) is 0 Å². The first kappa shape index (κ1) is 11.6. The molecule has 4 heteroatoms. The molecule has 1 saturated heterocycles. The molecule has 0 spiro atoms. The van der Waals surface area contributed by atoms with Gasteiger partial charge in [-0.3, -0.25) is 4.79 Å². The van der Waals surface area contributed by atoms with Crippen molar-refractivity contribution in [2.75, 3.05) is 6.61 Å². The van der Waals surface area contributed by atoms with Crippen LogP contribution in [0.1, 0.15) is 34.3 Å². The minimum absolute atomic E-state index is 0.254. The summed E-state index contributed by atoms with van der Waals surface area (Å²) < 4.78 is 5.66. The number of ether oxygens (including phenoxy) is 1. The summed E-state index contributed by atoms with van der Waals surface area (Å²) in [6.07, 6.45) is 1.31. The lowest BCUT2D eigenvalue weighted by molar-refractivity contribution is -0.151. The predicted octanol–water partition coefficient (Wildman–Crippen LogP) is 2.92. The minimum Gasteiger partial charge on any atom is -0.481 e. The fourth-order valence-electron chi connectivity index (χ4n) is 2.27. The molecular formula is C12H16O3S. The second kappa shape index (κ2) is 4.55. The Hall–Kier alpha value is -0.870. The van der Waals surface area contributed by atoms with Gasteiger partial charge in [-0.25, -0.2) is 0 Å². The molecule has 2 atom stereocenters. The van der Waals surface area contributed by atoms with Gasteiger partial charge in [-0.15, -0.1) is 11.3 Å². The fraction of sp³-hybridized carbons (Fsp3) is 0.583. The van der Waals surface area contributed by atoms with Crippen LogP contribution in [0.4, 0.5) is 0 Å².